The Morgan fingerprint density at radius 1 is 1.30 bits per heavy atom. The van der Waals surface area contributed by atoms with E-state index in [1.54, 1.807) is 20.8 Å². The molecule has 23 heavy (non-hydrogen) atoms. The van der Waals surface area contributed by atoms with Crippen LogP contribution in [0.4, 0.5) is 4.79 Å². The van der Waals surface area contributed by atoms with Crippen LogP contribution in [0.5, 0.6) is 0 Å². The van der Waals surface area contributed by atoms with Crippen LogP contribution < -0.4 is 5.32 Å². The molecule has 1 saturated carbocycles. The quantitative estimate of drug-likeness (QED) is 0.570. The van der Waals surface area contributed by atoms with E-state index in [9.17, 15) is 19.7 Å². The van der Waals surface area contributed by atoms with Crippen molar-refractivity contribution in [1.29, 1.82) is 0 Å². The minimum atomic E-state index is -0.867. The normalized spacial score (nSPS) is 22.9. The second kappa shape index (κ2) is 8.12. The first-order valence-electron chi connectivity index (χ1n) is 7.90. The van der Waals surface area contributed by atoms with E-state index in [0.29, 0.717) is 25.7 Å². The maximum Gasteiger partial charge on any atom is 0.407 e. The number of carbonyl (C=O) groups is 2. The van der Waals surface area contributed by atoms with Crippen LogP contribution >= 0.6 is 0 Å². The van der Waals surface area contributed by atoms with Gasteiger partial charge in [0.1, 0.15) is 5.60 Å². The summed E-state index contributed by atoms with van der Waals surface area (Å²) in [6.07, 6.45) is 2.02. The van der Waals surface area contributed by atoms with Crippen LogP contribution in [0.3, 0.4) is 0 Å². The summed E-state index contributed by atoms with van der Waals surface area (Å²) in [5.74, 6) is -0.884. The molecule has 1 amide bonds. The summed E-state index contributed by atoms with van der Waals surface area (Å²) in [4.78, 5) is 33.2. The Hall–Kier alpha value is -1.86. The average Bonchev–Trinajstić information content (AvgIpc) is 2.37. The van der Waals surface area contributed by atoms with E-state index < -0.39 is 23.7 Å². The van der Waals surface area contributed by atoms with Gasteiger partial charge < -0.3 is 15.2 Å². The summed E-state index contributed by atoms with van der Waals surface area (Å²) in [7, 11) is 0. The van der Waals surface area contributed by atoms with Gasteiger partial charge in [0, 0.05) is 17.3 Å². The van der Waals surface area contributed by atoms with Gasteiger partial charge in [-0.3, -0.25) is 14.9 Å². The number of hydrogen-bond acceptors (Lipinski definition) is 5. The molecule has 1 rings (SSSR count). The standard InChI is InChI=1S/C15H26N2O6/c1-15(2,3)23-14(20)16-9-12(17(21)22)11-6-4-10(5-7-11)8-13(18)19/h10-12H,4-9H2,1-3H3,(H,16,20)(H,18,19). The summed E-state index contributed by atoms with van der Waals surface area (Å²) < 4.78 is 5.08. The lowest BCUT2D eigenvalue weighted by Crippen LogP contribution is -2.44. The summed E-state index contributed by atoms with van der Waals surface area (Å²) in [6.45, 7) is 5.10. The molecule has 0 heterocycles. The monoisotopic (exact) mass is 330 g/mol. The largest absolute Gasteiger partial charge is 0.481 e. The molecular weight excluding hydrogens is 304 g/mol. The molecule has 132 valence electrons. The lowest BCUT2D eigenvalue weighted by atomic mass is 9.77. The van der Waals surface area contributed by atoms with Crippen LogP contribution in [0.2, 0.25) is 0 Å². The number of nitrogens with zero attached hydrogens (tertiary/aromatic N) is 1. The molecule has 0 aromatic carbocycles. The number of ether oxygens (including phenoxy) is 1. The van der Waals surface area contributed by atoms with Crippen LogP contribution in [0.1, 0.15) is 52.9 Å². The summed E-state index contributed by atoms with van der Waals surface area (Å²) >= 11 is 0. The lowest BCUT2D eigenvalue weighted by Gasteiger charge is -2.29. The molecule has 0 saturated heterocycles. The average molecular weight is 330 g/mol. The zero-order valence-corrected chi connectivity index (χ0v) is 13.9. The smallest absolute Gasteiger partial charge is 0.407 e. The third-order valence-corrected chi connectivity index (χ3v) is 4.02. The van der Waals surface area contributed by atoms with Gasteiger partial charge in [0.25, 0.3) is 0 Å². The number of aliphatic carboxylic acids is 1. The molecule has 1 aliphatic rings. The van der Waals surface area contributed by atoms with Gasteiger partial charge in [-0.2, -0.15) is 0 Å². The highest BCUT2D eigenvalue weighted by Crippen LogP contribution is 2.33. The van der Waals surface area contributed by atoms with E-state index in [0.717, 1.165) is 0 Å². The van der Waals surface area contributed by atoms with Gasteiger partial charge in [-0.1, -0.05) is 0 Å². The predicted octanol–water partition coefficient (Wildman–Crippen LogP) is 2.44. The first-order valence-corrected chi connectivity index (χ1v) is 7.90. The molecule has 1 atom stereocenters. The van der Waals surface area contributed by atoms with E-state index in [1.807, 2.05) is 0 Å². The van der Waals surface area contributed by atoms with Gasteiger partial charge in [0.15, 0.2) is 0 Å². The Morgan fingerprint density at radius 2 is 1.87 bits per heavy atom. The second-order valence-corrected chi connectivity index (χ2v) is 7.11. The van der Waals surface area contributed by atoms with E-state index in [-0.39, 0.29) is 29.7 Å². The Labute approximate surface area is 135 Å². The van der Waals surface area contributed by atoms with Crippen LogP contribution in [0.15, 0.2) is 0 Å². The number of alkyl carbamates (subject to hydrolysis) is 1. The number of hydrogen-bond donors (Lipinski definition) is 2. The summed E-state index contributed by atoms with van der Waals surface area (Å²) in [5, 5.41) is 22.5. The van der Waals surface area contributed by atoms with Crippen molar-refractivity contribution in [2.24, 2.45) is 11.8 Å². The van der Waals surface area contributed by atoms with Gasteiger partial charge in [0.2, 0.25) is 6.04 Å². The number of carbonyl (C=O) groups excluding carboxylic acids is 1. The summed E-state index contributed by atoms with van der Waals surface area (Å²) in [5.41, 5.74) is -0.650. The molecule has 0 bridgehead atoms. The molecule has 0 spiro atoms. The molecule has 0 aliphatic heterocycles. The van der Waals surface area contributed by atoms with Crippen LogP contribution in [0, 0.1) is 22.0 Å². The molecule has 8 nitrogen and oxygen atoms in total. The van der Waals surface area contributed by atoms with Crippen molar-refractivity contribution in [3.63, 3.8) is 0 Å². The Morgan fingerprint density at radius 3 is 2.30 bits per heavy atom. The zero-order chi connectivity index (χ0) is 17.6. The number of nitrogens with one attached hydrogen (secondary N) is 1. The number of rotatable bonds is 6. The van der Waals surface area contributed by atoms with Gasteiger partial charge in [-0.25, -0.2) is 4.79 Å². The molecule has 0 aromatic rings. The van der Waals surface area contributed by atoms with Gasteiger partial charge >= 0.3 is 12.1 Å². The third kappa shape index (κ3) is 7.30. The highest BCUT2D eigenvalue weighted by atomic mass is 16.6. The van der Waals surface area contributed by atoms with Gasteiger partial charge in [-0.15, -0.1) is 0 Å². The van der Waals surface area contributed by atoms with Gasteiger partial charge in [0.05, 0.1) is 6.54 Å². The second-order valence-electron chi connectivity index (χ2n) is 7.11. The molecule has 0 radical (unpaired) electrons. The van der Waals surface area contributed by atoms with Crippen molar-refractivity contribution < 1.29 is 24.4 Å². The van der Waals surface area contributed by atoms with Crippen LogP contribution in [0.25, 0.3) is 0 Å². The SMILES string of the molecule is CC(C)(C)OC(=O)NCC(C1CCC(CC(=O)O)CC1)[N+](=O)[O-]. The first-order chi connectivity index (χ1) is 10.6. The molecule has 1 fully saturated rings. The fourth-order valence-corrected chi connectivity index (χ4v) is 2.94. The number of carboxylic acid groups (broad SMARTS) is 1. The highest BCUT2D eigenvalue weighted by Gasteiger charge is 2.35. The van der Waals surface area contributed by atoms with Crippen molar-refractivity contribution in [2.75, 3.05) is 6.54 Å². The van der Waals surface area contributed by atoms with Gasteiger partial charge in [-0.05, 0) is 52.4 Å². The minimum absolute atomic E-state index is 0.0732. The van der Waals surface area contributed by atoms with Crippen molar-refractivity contribution in [3.8, 4) is 0 Å². The Bertz CT molecular complexity index is 438. The lowest BCUT2D eigenvalue weighted by molar-refractivity contribution is -0.531. The first kappa shape index (κ1) is 19.2. The fourth-order valence-electron chi connectivity index (χ4n) is 2.94. The predicted molar refractivity (Wildman–Crippen MR) is 82.7 cm³/mol. The van der Waals surface area contributed by atoms with Crippen molar-refractivity contribution >= 4 is 12.1 Å². The van der Waals surface area contributed by atoms with E-state index >= 15 is 0 Å². The molecule has 8 heteroatoms. The van der Waals surface area contributed by atoms with Crippen LogP contribution in [-0.2, 0) is 9.53 Å². The maximum atomic E-state index is 11.6. The summed E-state index contributed by atoms with van der Waals surface area (Å²) in [6, 6.07) is -0.867. The molecule has 0 aromatic heterocycles. The Kier molecular flexibility index (Phi) is 6.78. The molecule has 1 aliphatic carbocycles. The highest BCUT2D eigenvalue weighted by molar-refractivity contribution is 5.67. The maximum absolute atomic E-state index is 11.6. The number of carboxylic acids is 1. The van der Waals surface area contributed by atoms with Crippen LogP contribution in [-0.4, -0.2) is 40.3 Å². The van der Waals surface area contributed by atoms with Crippen molar-refractivity contribution in [3.05, 3.63) is 10.1 Å². The number of nitro groups is 1. The zero-order valence-electron chi connectivity index (χ0n) is 13.9. The Balaban J connectivity index is 2.48. The fraction of sp³-hybridized carbons (Fsp3) is 0.867. The third-order valence-electron chi connectivity index (χ3n) is 4.02. The minimum Gasteiger partial charge on any atom is -0.481 e. The van der Waals surface area contributed by atoms with E-state index in [2.05, 4.69) is 5.32 Å². The van der Waals surface area contributed by atoms with Crippen molar-refractivity contribution in [2.45, 2.75) is 64.5 Å². The number of amides is 1. The van der Waals surface area contributed by atoms with E-state index in [4.69, 9.17) is 9.84 Å². The van der Waals surface area contributed by atoms with E-state index in [1.165, 1.54) is 0 Å². The molecule has 1 unspecified atom stereocenters. The molecular formula is C15H26N2O6. The molecule has 2 N–H and O–H groups in total. The topological polar surface area (TPSA) is 119 Å². The van der Waals surface area contributed by atoms with Crippen molar-refractivity contribution in [1.82, 2.24) is 5.32 Å².